The smallest absolute Gasteiger partial charge is 0.399 e. The van der Waals surface area contributed by atoms with E-state index in [2.05, 4.69) is 113 Å². The molecule has 1 aliphatic rings. The van der Waals surface area contributed by atoms with Gasteiger partial charge in [-0.15, -0.1) is 0 Å². The van der Waals surface area contributed by atoms with Crippen LogP contribution in [-0.2, 0) is 9.31 Å². The highest BCUT2D eigenvalue weighted by Crippen LogP contribution is 2.37. The molecule has 0 unspecified atom stereocenters. The summed E-state index contributed by atoms with van der Waals surface area (Å²) in [7, 11) is -1.18. The number of rotatable bonds is 6. The summed E-state index contributed by atoms with van der Waals surface area (Å²) < 4.78 is 12.7. The van der Waals surface area contributed by atoms with Gasteiger partial charge in [0, 0.05) is 17.2 Å². The van der Waals surface area contributed by atoms with Crippen LogP contribution >= 0.6 is 7.92 Å². The second-order valence-corrected chi connectivity index (χ2v) is 12.2. The summed E-state index contributed by atoms with van der Waals surface area (Å²) in [4.78, 5) is 4.97. The summed E-state index contributed by atoms with van der Waals surface area (Å²) >= 11 is 0. The molecule has 1 fully saturated rings. The zero-order chi connectivity index (χ0) is 25.2. The Labute approximate surface area is 216 Å². The van der Waals surface area contributed by atoms with Crippen LogP contribution in [0.2, 0.25) is 0 Å². The molecule has 180 valence electrons. The minimum Gasteiger partial charge on any atom is -0.399 e. The van der Waals surface area contributed by atoms with Crippen molar-refractivity contribution < 1.29 is 9.31 Å². The van der Waals surface area contributed by atoms with Crippen LogP contribution in [0.1, 0.15) is 33.3 Å². The molecule has 36 heavy (non-hydrogen) atoms. The van der Waals surface area contributed by atoms with Gasteiger partial charge in [0.25, 0.3) is 0 Å². The quantitative estimate of drug-likeness (QED) is 0.203. The van der Waals surface area contributed by atoms with E-state index in [1.54, 1.807) is 0 Å². The van der Waals surface area contributed by atoms with E-state index in [9.17, 15) is 0 Å². The molecule has 4 aromatic carbocycles. The minimum atomic E-state index is -0.730. The molecule has 0 radical (unpaired) electrons. The molecule has 5 heteroatoms. The highest BCUT2D eigenvalue weighted by Gasteiger charge is 2.52. The Hall–Kier alpha value is -3.04. The molecule has 3 nitrogen and oxygen atoms in total. The topological polar surface area (TPSA) is 30.8 Å². The van der Waals surface area contributed by atoms with Gasteiger partial charge in [0.2, 0.25) is 0 Å². The molecule has 0 aliphatic carbocycles. The second-order valence-electron chi connectivity index (χ2n) is 9.97. The van der Waals surface area contributed by atoms with Gasteiger partial charge in [-0.3, -0.25) is 4.99 Å². The lowest BCUT2D eigenvalue weighted by Crippen LogP contribution is -2.41. The van der Waals surface area contributed by atoms with E-state index in [4.69, 9.17) is 14.3 Å². The molecule has 0 bridgehead atoms. The predicted octanol–water partition coefficient (Wildman–Crippen LogP) is 5.49. The number of aliphatic imine (C=N–C) groups is 1. The number of hydrogen-bond acceptors (Lipinski definition) is 3. The van der Waals surface area contributed by atoms with Gasteiger partial charge in [0.1, 0.15) is 0 Å². The molecule has 1 saturated heterocycles. The first-order valence-electron chi connectivity index (χ1n) is 12.3. The predicted molar refractivity (Wildman–Crippen MR) is 155 cm³/mol. The molecule has 0 N–H and O–H groups in total. The Morgan fingerprint density at radius 2 is 1.14 bits per heavy atom. The lowest BCUT2D eigenvalue weighted by molar-refractivity contribution is 0.00578. The van der Waals surface area contributed by atoms with Crippen molar-refractivity contribution in [3.8, 4) is 0 Å². The van der Waals surface area contributed by atoms with Crippen molar-refractivity contribution in [2.45, 2.75) is 38.9 Å². The maximum Gasteiger partial charge on any atom is 0.497 e. The highest BCUT2D eigenvalue weighted by molar-refractivity contribution is 7.80. The lowest BCUT2D eigenvalue weighted by atomic mass is 9.78. The van der Waals surface area contributed by atoms with E-state index in [0.29, 0.717) is 0 Å². The van der Waals surface area contributed by atoms with Gasteiger partial charge < -0.3 is 9.31 Å². The molecule has 0 saturated carbocycles. The fourth-order valence-electron chi connectivity index (χ4n) is 4.30. The SMILES string of the molecule is CC1(C)OB(c2ccccc2N=Cc2ccccc2P(c2ccccc2)c2ccccc2)OC1(C)C. The normalized spacial score (nSPS) is 16.6. The zero-order valence-electron chi connectivity index (χ0n) is 21.3. The third kappa shape index (κ3) is 4.95. The molecule has 0 spiro atoms. The van der Waals surface area contributed by atoms with Gasteiger partial charge in [-0.2, -0.15) is 0 Å². The van der Waals surface area contributed by atoms with Gasteiger partial charge in [0.05, 0.1) is 16.9 Å². The fraction of sp³-hybridized carbons (Fsp3) is 0.194. The van der Waals surface area contributed by atoms with E-state index in [-0.39, 0.29) is 0 Å². The summed E-state index contributed by atoms with van der Waals surface area (Å²) in [6.45, 7) is 8.30. The summed E-state index contributed by atoms with van der Waals surface area (Å²) in [6, 6.07) is 38.2. The molecular weight excluding hydrogens is 460 g/mol. The summed E-state index contributed by atoms with van der Waals surface area (Å²) in [5.74, 6) is 0. The summed E-state index contributed by atoms with van der Waals surface area (Å²) in [5, 5.41) is 3.91. The van der Waals surface area contributed by atoms with Crippen molar-refractivity contribution in [3.63, 3.8) is 0 Å². The molecule has 4 aromatic rings. The first kappa shape index (κ1) is 24.7. The van der Waals surface area contributed by atoms with E-state index in [1.807, 2.05) is 30.5 Å². The zero-order valence-corrected chi connectivity index (χ0v) is 22.2. The maximum atomic E-state index is 6.33. The number of para-hydroxylation sites is 1. The minimum absolute atomic E-state index is 0.401. The average molecular weight is 491 g/mol. The second kappa shape index (κ2) is 10.1. The average Bonchev–Trinajstić information content (AvgIpc) is 3.11. The van der Waals surface area contributed by atoms with Gasteiger partial charge >= 0.3 is 7.12 Å². The number of benzene rings is 4. The first-order valence-corrected chi connectivity index (χ1v) is 13.7. The fourth-order valence-corrected chi connectivity index (χ4v) is 6.72. The Balaban J connectivity index is 1.53. The van der Waals surface area contributed by atoms with Crippen LogP contribution in [0.3, 0.4) is 0 Å². The molecule has 0 atom stereocenters. The summed E-state index contributed by atoms with van der Waals surface area (Å²) in [6.07, 6.45) is 1.99. The molecule has 5 rings (SSSR count). The molecule has 0 aromatic heterocycles. The Kier molecular flexibility index (Phi) is 6.95. The standard InChI is InChI=1S/C31H31BNO2P/c1-30(2)31(3,4)35-32(34-30)27-20-12-13-21-28(27)33-23-24-15-11-14-22-29(24)36(25-16-7-5-8-17-25)26-18-9-6-10-19-26/h5-23H,1-4H3. The van der Waals surface area contributed by atoms with Gasteiger partial charge in [-0.05, 0) is 57.6 Å². The van der Waals surface area contributed by atoms with Crippen molar-refractivity contribution in [1.82, 2.24) is 0 Å². The van der Waals surface area contributed by atoms with Gasteiger partial charge in [-0.25, -0.2) is 0 Å². The van der Waals surface area contributed by atoms with E-state index < -0.39 is 26.2 Å². The Morgan fingerprint density at radius 3 is 1.75 bits per heavy atom. The lowest BCUT2D eigenvalue weighted by Gasteiger charge is -2.32. The third-order valence-corrected chi connectivity index (χ3v) is 9.51. The van der Waals surface area contributed by atoms with Crippen molar-refractivity contribution in [1.29, 1.82) is 0 Å². The van der Waals surface area contributed by atoms with Crippen LogP contribution in [0.25, 0.3) is 0 Å². The van der Waals surface area contributed by atoms with Crippen LogP contribution in [0.4, 0.5) is 5.69 Å². The molecule has 1 aliphatic heterocycles. The monoisotopic (exact) mass is 491 g/mol. The third-order valence-electron chi connectivity index (χ3n) is 6.99. The number of hydrogen-bond donors (Lipinski definition) is 0. The van der Waals surface area contributed by atoms with Crippen molar-refractivity contribution >= 4 is 48.3 Å². The van der Waals surface area contributed by atoms with Crippen LogP contribution in [-0.4, -0.2) is 24.5 Å². The van der Waals surface area contributed by atoms with Crippen LogP contribution in [0, 0.1) is 0 Å². The van der Waals surface area contributed by atoms with Crippen LogP contribution in [0.15, 0.2) is 114 Å². The Bertz CT molecular complexity index is 1300. The first-order chi connectivity index (χ1) is 17.4. The largest absolute Gasteiger partial charge is 0.497 e. The molecule has 0 amide bonds. The number of nitrogens with zero attached hydrogens (tertiary/aromatic N) is 1. The van der Waals surface area contributed by atoms with Crippen molar-refractivity contribution in [3.05, 3.63) is 115 Å². The molecule has 1 heterocycles. The molecular formula is C31H31BNO2P. The van der Waals surface area contributed by atoms with Crippen LogP contribution in [0.5, 0.6) is 0 Å². The summed E-state index contributed by atoms with van der Waals surface area (Å²) in [5.41, 5.74) is 2.11. The van der Waals surface area contributed by atoms with Crippen molar-refractivity contribution in [2.75, 3.05) is 0 Å². The van der Waals surface area contributed by atoms with Gasteiger partial charge in [0.15, 0.2) is 0 Å². The van der Waals surface area contributed by atoms with E-state index in [0.717, 1.165) is 16.7 Å². The maximum absolute atomic E-state index is 6.33. The highest BCUT2D eigenvalue weighted by atomic mass is 31.1. The van der Waals surface area contributed by atoms with Crippen molar-refractivity contribution in [2.24, 2.45) is 4.99 Å². The van der Waals surface area contributed by atoms with E-state index in [1.165, 1.54) is 15.9 Å². The Morgan fingerprint density at radius 1 is 0.639 bits per heavy atom. The van der Waals surface area contributed by atoms with E-state index >= 15 is 0 Å². The van der Waals surface area contributed by atoms with Crippen LogP contribution < -0.4 is 21.4 Å². The van der Waals surface area contributed by atoms with Gasteiger partial charge in [-0.1, -0.05) is 103 Å².